The number of nitrogens with zero attached hydrogens (tertiary/aromatic N) is 1. The number of carbonyl (C=O) groups is 1. The Morgan fingerprint density at radius 3 is 2.50 bits per heavy atom. The minimum absolute atomic E-state index is 0.0442. The van der Waals surface area contributed by atoms with Crippen LogP contribution in [0.15, 0.2) is 48.5 Å². The molecule has 0 aliphatic heterocycles. The first-order valence-corrected chi connectivity index (χ1v) is 8.38. The molecule has 0 saturated heterocycles. The number of hydrogen-bond acceptors (Lipinski definition) is 3. The third-order valence-electron chi connectivity index (χ3n) is 4.15. The summed E-state index contributed by atoms with van der Waals surface area (Å²) in [5.74, 6) is 1.30. The van der Waals surface area contributed by atoms with Crippen molar-refractivity contribution >= 4 is 5.91 Å². The molecule has 0 radical (unpaired) electrons. The van der Waals surface area contributed by atoms with E-state index in [-0.39, 0.29) is 5.91 Å². The summed E-state index contributed by atoms with van der Waals surface area (Å²) < 4.78 is 10.9. The molecule has 0 atom stereocenters. The van der Waals surface area contributed by atoms with Crippen LogP contribution in [0.4, 0.5) is 0 Å². The Balaban J connectivity index is 1.82. The summed E-state index contributed by atoms with van der Waals surface area (Å²) in [6.45, 7) is 3.12. The molecule has 0 bridgehead atoms. The lowest BCUT2D eigenvalue weighted by atomic mass is 10.1. The van der Waals surface area contributed by atoms with Gasteiger partial charge >= 0.3 is 0 Å². The summed E-state index contributed by atoms with van der Waals surface area (Å²) in [6, 6.07) is 15.9. The van der Waals surface area contributed by atoms with Crippen molar-refractivity contribution in [3.05, 3.63) is 59.7 Å². The van der Waals surface area contributed by atoms with Crippen molar-refractivity contribution in [3.8, 4) is 11.5 Å². The number of methoxy groups -OCH3 is 1. The van der Waals surface area contributed by atoms with Gasteiger partial charge in [-0.1, -0.05) is 30.3 Å². The predicted octanol–water partition coefficient (Wildman–Crippen LogP) is 3.90. The van der Waals surface area contributed by atoms with Gasteiger partial charge in [-0.15, -0.1) is 0 Å². The quantitative estimate of drug-likeness (QED) is 0.775. The fourth-order valence-corrected chi connectivity index (χ4v) is 2.77. The maximum absolute atomic E-state index is 13.0. The fourth-order valence-electron chi connectivity index (χ4n) is 2.77. The Bertz CT molecular complexity index is 695. The van der Waals surface area contributed by atoms with E-state index in [9.17, 15) is 4.79 Å². The van der Waals surface area contributed by atoms with Crippen molar-refractivity contribution < 1.29 is 14.3 Å². The molecule has 2 aromatic carbocycles. The van der Waals surface area contributed by atoms with E-state index >= 15 is 0 Å². The maximum atomic E-state index is 13.0. The topological polar surface area (TPSA) is 38.8 Å². The smallest absolute Gasteiger partial charge is 0.254 e. The number of hydrogen-bond donors (Lipinski definition) is 0. The number of rotatable bonds is 7. The second kappa shape index (κ2) is 7.39. The first-order valence-electron chi connectivity index (χ1n) is 8.38. The van der Waals surface area contributed by atoms with E-state index in [1.807, 2.05) is 42.2 Å². The monoisotopic (exact) mass is 325 g/mol. The molecule has 0 heterocycles. The number of ether oxygens (including phenoxy) is 2. The van der Waals surface area contributed by atoms with Gasteiger partial charge in [0, 0.05) is 18.2 Å². The molecule has 0 N–H and O–H groups in total. The van der Waals surface area contributed by atoms with Crippen molar-refractivity contribution in [2.75, 3.05) is 13.7 Å². The van der Waals surface area contributed by atoms with E-state index in [0.29, 0.717) is 36.3 Å². The highest BCUT2D eigenvalue weighted by Gasteiger charge is 2.33. The average molecular weight is 325 g/mol. The highest BCUT2D eigenvalue weighted by Crippen LogP contribution is 2.32. The van der Waals surface area contributed by atoms with Gasteiger partial charge in [0.1, 0.15) is 0 Å². The minimum atomic E-state index is 0.0442. The normalized spacial score (nSPS) is 13.4. The zero-order valence-electron chi connectivity index (χ0n) is 14.2. The Kier molecular flexibility index (Phi) is 5.04. The lowest BCUT2D eigenvalue weighted by molar-refractivity contribution is 0.0729. The van der Waals surface area contributed by atoms with E-state index in [4.69, 9.17) is 9.47 Å². The average Bonchev–Trinajstić information content (AvgIpc) is 3.45. The molecule has 2 aromatic rings. The zero-order valence-corrected chi connectivity index (χ0v) is 14.2. The van der Waals surface area contributed by atoms with Crippen LogP contribution in [-0.4, -0.2) is 30.6 Å². The highest BCUT2D eigenvalue weighted by molar-refractivity contribution is 5.95. The van der Waals surface area contributed by atoms with E-state index in [1.54, 1.807) is 13.2 Å². The predicted molar refractivity (Wildman–Crippen MR) is 93.5 cm³/mol. The molecule has 0 aromatic heterocycles. The van der Waals surface area contributed by atoms with Crippen LogP contribution in [0.25, 0.3) is 0 Å². The van der Waals surface area contributed by atoms with E-state index in [1.165, 1.54) is 0 Å². The van der Waals surface area contributed by atoms with Crippen molar-refractivity contribution in [1.29, 1.82) is 0 Å². The zero-order chi connectivity index (χ0) is 16.9. The van der Waals surface area contributed by atoms with Gasteiger partial charge < -0.3 is 14.4 Å². The molecule has 1 fully saturated rings. The van der Waals surface area contributed by atoms with Crippen molar-refractivity contribution in [2.45, 2.75) is 32.4 Å². The minimum Gasteiger partial charge on any atom is -0.493 e. The van der Waals surface area contributed by atoms with Crippen LogP contribution in [0.1, 0.15) is 35.7 Å². The second-order valence-corrected chi connectivity index (χ2v) is 5.95. The van der Waals surface area contributed by atoms with Gasteiger partial charge in [-0.05, 0) is 43.5 Å². The van der Waals surface area contributed by atoms with Gasteiger partial charge in [-0.25, -0.2) is 0 Å². The van der Waals surface area contributed by atoms with Crippen LogP contribution in [-0.2, 0) is 6.54 Å². The summed E-state index contributed by atoms with van der Waals surface area (Å²) in [5.41, 5.74) is 1.79. The third kappa shape index (κ3) is 3.70. The molecule has 0 spiro atoms. The van der Waals surface area contributed by atoms with Gasteiger partial charge in [-0.3, -0.25) is 4.79 Å². The molecular weight excluding hydrogens is 302 g/mol. The highest BCUT2D eigenvalue weighted by atomic mass is 16.5. The summed E-state index contributed by atoms with van der Waals surface area (Å²) in [4.78, 5) is 15.0. The van der Waals surface area contributed by atoms with Crippen LogP contribution < -0.4 is 9.47 Å². The Labute approximate surface area is 143 Å². The molecule has 1 saturated carbocycles. The fraction of sp³-hybridized carbons (Fsp3) is 0.350. The van der Waals surface area contributed by atoms with Crippen LogP contribution in [0.2, 0.25) is 0 Å². The molecule has 1 amide bonds. The lowest BCUT2D eigenvalue weighted by Crippen LogP contribution is -2.32. The number of amides is 1. The first kappa shape index (κ1) is 16.4. The molecule has 126 valence electrons. The van der Waals surface area contributed by atoms with E-state index in [0.717, 1.165) is 18.4 Å². The second-order valence-electron chi connectivity index (χ2n) is 5.95. The largest absolute Gasteiger partial charge is 0.493 e. The van der Waals surface area contributed by atoms with Crippen molar-refractivity contribution in [3.63, 3.8) is 0 Å². The molecular formula is C20H23NO3. The van der Waals surface area contributed by atoms with Gasteiger partial charge in [-0.2, -0.15) is 0 Å². The van der Waals surface area contributed by atoms with Gasteiger partial charge in [0.2, 0.25) is 0 Å². The lowest BCUT2D eigenvalue weighted by Gasteiger charge is -2.23. The molecule has 4 nitrogen and oxygen atoms in total. The van der Waals surface area contributed by atoms with E-state index in [2.05, 4.69) is 12.1 Å². The van der Waals surface area contributed by atoms with Crippen LogP contribution in [0.3, 0.4) is 0 Å². The summed E-state index contributed by atoms with van der Waals surface area (Å²) in [7, 11) is 1.59. The number of carbonyl (C=O) groups excluding carboxylic acids is 1. The molecule has 3 rings (SSSR count). The Morgan fingerprint density at radius 1 is 1.12 bits per heavy atom. The van der Waals surface area contributed by atoms with Crippen molar-refractivity contribution in [2.24, 2.45) is 0 Å². The molecule has 0 unspecified atom stereocenters. The summed E-state index contributed by atoms with van der Waals surface area (Å²) in [5, 5.41) is 0. The molecule has 24 heavy (non-hydrogen) atoms. The van der Waals surface area contributed by atoms with Crippen LogP contribution in [0, 0.1) is 0 Å². The Morgan fingerprint density at radius 2 is 1.88 bits per heavy atom. The van der Waals surface area contributed by atoms with Gasteiger partial charge in [0.15, 0.2) is 11.5 Å². The third-order valence-corrected chi connectivity index (χ3v) is 4.15. The maximum Gasteiger partial charge on any atom is 0.254 e. The van der Waals surface area contributed by atoms with Gasteiger partial charge in [0.25, 0.3) is 5.91 Å². The van der Waals surface area contributed by atoms with Gasteiger partial charge in [0.05, 0.1) is 13.7 Å². The van der Waals surface area contributed by atoms with Crippen molar-refractivity contribution in [1.82, 2.24) is 4.90 Å². The summed E-state index contributed by atoms with van der Waals surface area (Å²) in [6.07, 6.45) is 2.15. The van der Waals surface area contributed by atoms with Crippen LogP contribution in [0.5, 0.6) is 11.5 Å². The molecule has 1 aliphatic carbocycles. The first-order chi connectivity index (χ1) is 11.7. The number of benzene rings is 2. The Hall–Kier alpha value is -2.49. The van der Waals surface area contributed by atoms with E-state index < -0.39 is 0 Å². The summed E-state index contributed by atoms with van der Waals surface area (Å²) >= 11 is 0. The SMILES string of the molecule is CCOc1ccc(C(=O)N(Cc2ccccc2)C2CC2)cc1OC. The van der Waals surface area contributed by atoms with Crippen LogP contribution >= 0.6 is 0 Å². The molecule has 4 heteroatoms. The standard InChI is InChI=1S/C20H23NO3/c1-3-24-18-12-9-16(13-19(18)23-2)20(22)21(17-10-11-17)14-15-7-5-4-6-8-15/h4-9,12-13,17H,3,10-11,14H2,1-2H3. The molecule has 1 aliphatic rings.